The van der Waals surface area contributed by atoms with Crippen LogP contribution in [0.15, 0.2) is 0 Å². The molecule has 0 aliphatic heterocycles. The Labute approximate surface area is 85.5 Å². The molecule has 2 atom stereocenters. The lowest BCUT2D eigenvalue weighted by atomic mass is 10.0. The van der Waals surface area contributed by atoms with Gasteiger partial charge in [0, 0.05) is 12.5 Å². The maximum absolute atomic E-state index is 11.4. The molecule has 0 radical (unpaired) electrons. The Morgan fingerprint density at radius 2 is 2.29 bits per heavy atom. The molecule has 0 aliphatic carbocycles. The monoisotopic (exact) mass is 197 g/mol. The fraction of sp³-hybridized carbons (Fsp3) is 0.800. The Kier molecular flexibility index (Phi) is 6.77. The van der Waals surface area contributed by atoms with Crippen molar-refractivity contribution in [2.45, 2.75) is 39.2 Å². The highest BCUT2D eigenvalue weighted by Gasteiger charge is 2.12. The second-order valence-electron chi connectivity index (χ2n) is 3.54. The second kappa shape index (κ2) is 7.34. The zero-order valence-electron chi connectivity index (χ0n) is 8.92. The van der Waals surface area contributed by atoms with Crippen LogP contribution in [-0.4, -0.2) is 18.5 Å². The van der Waals surface area contributed by atoms with Crippen LogP contribution in [0.4, 0.5) is 0 Å². The van der Waals surface area contributed by atoms with Crippen LogP contribution in [0.1, 0.15) is 33.1 Å². The fourth-order valence-electron chi connectivity index (χ4n) is 1.18. The lowest BCUT2D eigenvalue weighted by Gasteiger charge is -2.14. The van der Waals surface area contributed by atoms with Gasteiger partial charge in [0.2, 0.25) is 5.91 Å². The Morgan fingerprint density at radius 1 is 1.64 bits per heavy atom. The van der Waals surface area contributed by atoms with Gasteiger partial charge in [0.15, 0.2) is 0 Å². The molecule has 0 rings (SSSR count). The summed E-state index contributed by atoms with van der Waals surface area (Å²) in [6.07, 6.45) is 1.73. The van der Waals surface area contributed by atoms with Gasteiger partial charge in [-0.25, -0.2) is 0 Å². The van der Waals surface area contributed by atoms with Gasteiger partial charge < -0.3 is 11.1 Å². The molecule has 0 fully saturated rings. The minimum atomic E-state index is -0.0669. The minimum absolute atomic E-state index is 0.00921. The van der Waals surface area contributed by atoms with E-state index in [4.69, 9.17) is 11.0 Å². The molecular formula is C10H19N3O. The average Bonchev–Trinajstić information content (AvgIpc) is 2.14. The number of nitrogens with zero attached hydrogens (tertiary/aromatic N) is 1. The summed E-state index contributed by atoms with van der Waals surface area (Å²) in [5.41, 5.74) is 5.49. The predicted octanol–water partition coefficient (Wildman–Crippen LogP) is 0.780. The Bertz CT molecular complexity index is 206. The molecule has 0 heterocycles. The van der Waals surface area contributed by atoms with Gasteiger partial charge in [0.1, 0.15) is 0 Å². The van der Waals surface area contributed by atoms with Gasteiger partial charge in [0.05, 0.1) is 12.5 Å². The van der Waals surface area contributed by atoms with E-state index in [1.165, 1.54) is 0 Å². The van der Waals surface area contributed by atoms with Gasteiger partial charge in [-0.15, -0.1) is 0 Å². The van der Waals surface area contributed by atoms with E-state index in [-0.39, 0.29) is 17.9 Å². The summed E-state index contributed by atoms with van der Waals surface area (Å²) in [5.74, 6) is 0.245. The predicted molar refractivity (Wildman–Crippen MR) is 55.3 cm³/mol. The first-order chi connectivity index (χ1) is 6.63. The van der Waals surface area contributed by atoms with Crippen molar-refractivity contribution in [3.05, 3.63) is 0 Å². The molecule has 2 unspecified atom stereocenters. The summed E-state index contributed by atoms with van der Waals surface area (Å²) in [4.78, 5) is 11.4. The number of rotatable bonds is 6. The van der Waals surface area contributed by atoms with Crippen molar-refractivity contribution in [2.75, 3.05) is 6.54 Å². The Morgan fingerprint density at radius 3 is 2.71 bits per heavy atom. The lowest BCUT2D eigenvalue weighted by Crippen LogP contribution is -2.34. The van der Waals surface area contributed by atoms with Crippen LogP contribution in [0.3, 0.4) is 0 Å². The normalized spacial score (nSPS) is 14.1. The largest absolute Gasteiger partial charge is 0.353 e. The minimum Gasteiger partial charge on any atom is -0.353 e. The molecule has 3 N–H and O–H groups in total. The van der Waals surface area contributed by atoms with E-state index >= 15 is 0 Å². The zero-order chi connectivity index (χ0) is 11.0. The zero-order valence-corrected chi connectivity index (χ0v) is 8.92. The summed E-state index contributed by atoms with van der Waals surface area (Å²) in [7, 11) is 0. The number of hydrogen-bond acceptors (Lipinski definition) is 3. The van der Waals surface area contributed by atoms with Gasteiger partial charge in [0.25, 0.3) is 0 Å². The highest BCUT2D eigenvalue weighted by Crippen LogP contribution is 2.05. The quantitative estimate of drug-likeness (QED) is 0.660. The third kappa shape index (κ3) is 5.55. The molecule has 14 heavy (non-hydrogen) atoms. The number of nitriles is 1. The van der Waals surface area contributed by atoms with Crippen LogP contribution < -0.4 is 11.1 Å². The molecule has 0 bridgehead atoms. The maximum Gasteiger partial charge on any atom is 0.220 e. The number of carbonyl (C=O) groups excluding carboxylic acids is 1. The third-order valence-corrected chi connectivity index (χ3v) is 2.19. The SMILES string of the molecule is CCC(CN)CC(=O)NC(C)CC#N. The number of hydrogen-bond donors (Lipinski definition) is 2. The van der Waals surface area contributed by atoms with E-state index < -0.39 is 0 Å². The van der Waals surface area contributed by atoms with Crippen LogP contribution in [-0.2, 0) is 4.79 Å². The van der Waals surface area contributed by atoms with Gasteiger partial charge in [-0.05, 0) is 19.4 Å². The first-order valence-electron chi connectivity index (χ1n) is 5.00. The van der Waals surface area contributed by atoms with Crippen molar-refractivity contribution < 1.29 is 4.79 Å². The summed E-state index contributed by atoms with van der Waals surface area (Å²) in [6.45, 7) is 4.38. The van der Waals surface area contributed by atoms with Crippen molar-refractivity contribution in [2.24, 2.45) is 11.7 Å². The van der Waals surface area contributed by atoms with Crippen LogP contribution in [0, 0.1) is 17.2 Å². The average molecular weight is 197 g/mol. The van der Waals surface area contributed by atoms with Gasteiger partial charge in [-0.2, -0.15) is 5.26 Å². The number of nitrogens with one attached hydrogen (secondary N) is 1. The summed E-state index contributed by atoms with van der Waals surface area (Å²) in [5, 5.41) is 11.2. The molecule has 0 aromatic heterocycles. The summed E-state index contributed by atoms with van der Waals surface area (Å²) < 4.78 is 0. The highest BCUT2D eigenvalue weighted by molar-refractivity contribution is 5.76. The van der Waals surface area contributed by atoms with Gasteiger partial charge in [-0.3, -0.25) is 4.79 Å². The van der Waals surface area contributed by atoms with Crippen LogP contribution in [0.25, 0.3) is 0 Å². The van der Waals surface area contributed by atoms with E-state index in [0.29, 0.717) is 19.4 Å². The Hall–Kier alpha value is -1.08. The standard InChI is InChI=1S/C10H19N3O/c1-3-9(7-12)6-10(14)13-8(2)4-5-11/h8-9H,3-4,6-7,12H2,1-2H3,(H,13,14). The second-order valence-corrected chi connectivity index (χ2v) is 3.54. The van der Waals surface area contributed by atoms with E-state index in [0.717, 1.165) is 6.42 Å². The van der Waals surface area contributed by atoms with Crippen LogP contribution in [0.5, 0.6) is 0 Å². The molecule has 0 saturated heterocycles. The van der Waals surface area contributed by atoms with E-state index in [1.54, 1.807) is 0 Å². The first-order valence-corrected chi connectivity index (χ1v) is 5.00. The molecule has 0 aliphatic rings. The Balaban J connectivity index is 3.80. The van der Waals surface area contributed by atoms with Gasteiger partial charge >= 0.3 is 0 Å². The molecule has 80 valence electrons. The van der Waals surface area contributed by atoms with Crippen molar-refractivity contribution in [3.8, 4) is 6.07 Å². The lowest BCUT2D eigenvalue weighted by molar-refractivity contribution is -0.122. The van der Waals surface area contributed by atoms with Crippen molar-refractivity contribution in [1.29, 1.82) is 5.26 Å². The smallest absolute Gasteiger partial charge is 0.220 e. The molecule has 0 aromatic rings. The number of carbonyl (C=O) groups is 1. The first kappa shape index (κ1) is 12.9. The molecule has 4 nitrogen and oxygen atoms in total. The highest BCUT2D eigenvalue weighted by atomic mass is 16.1. The molecular weight excluding hydrogens is 178 g/mol. The van der Waals surface area contributed by atoms with Gasteiger partial charge in [-0.1, -0.05) is 13.3 Å². The molecule has 0 saturated carbocycles. The summed E-state index contributed by atoms with van der Waals surface area (Å²) >= 11 is 0. The topological polar surface area (TPSA) is 78.9 Å². The number of nitrogens with two attached hydrogens (primary N) is 1. The molecule has 0 spiro atoms. The van der Waals surface area contributed by atoms with Crippen molar-refractivity contribution >= 4 is 5.91 Å². The van der Waals surface area contributed by atoms with E-state index in [1.807, 2.05) is 19.9 Å². The fourth-order valence-corrected chi connectivity index (χ4v) is 1.18. The van der Waals surface area contributed by atoms with E-state index in [9.17, 15) is 4.79 Å². The number of amides is 1. The summed E-state index contributed by atoms with van der Waals surface area (Å²) in [6, 6.07) is 1.95. The molecule has 1 amide bonds. The third-order valence-electron chi connectivity index (χ3n) is 2.19. The van der Waals surface area contributed by atoms with Crippen molar-refractivity contribution in [1.82, 2.24) is 5.32 Å². The van der Waals surface area contributed by atoms with Crippen molar-refractivity contribution in [3.63, 3.8) is 0 Å². The maximum atomic E-state index is 11.4. The molecule has 0 aromatic carbocycles. The van der Waals surface area contributed by atoms with E-state index in [2.05, 4.69) is 5.32 Å². The van der Waals surface area contributed by atoms with Crippen LogP contribution in [0.2, 0.25) is 0 Å². The van der Waals surface area contributed by atoms with Crippen LogP contribution >= 0.6 is 0 Å². The molecule has 4 heteroatoms.